The molecule has 0 bridgehead atoms. The second-order valence-corrected chi connectivity index (χ2v) is 8.21. The molecule has 0 saturated carbocycles. The van der Waals surface area contributed by atoms with Crippen LogP contribution in [0.15, 0.2) is 76.8 Å². The third kappa shape index (κ3) is 6.57. The van der Waals surface area contributed by atoms with Crippen molar-refractivity contribution in [3.8, 4) is 11.8 Å². The van der Waals surface area contributed by atoms with Crippen LogP contribution in [-0.2, 0) is 12.2 Å². The minimum Gasteiger partial charge on any atom is -0.448 e. The maximum Gasteiger partial charge on any atom is 0.251 e. The van der Waals surface area contributed by atoms with Crippen LogP contribution < -0.4 is 5.32 Å². The lowest BCUT2D eigenvalue weighted by Gasteiger charge is -2.08. The van der Waals surface area contributed by atoms with Gasteiger partial charge in [-0.1, -0.05) is 11.8 Å². The van der Waals surface area contributed by atoms with Crippen molar-refractivity contribution in [1.29, 1.82) is 0 Å². The van der Waals surface area contributed by atoms with Gasteiger partial charge in [-0.15, -0.1) is 11.8 Å². The van der Waals surface area contributed by atoms with Crippen molar-refractivity contribution >= 4 is 17.7 Å². The van der Waals surface area contributed by atoms with Gasteiger partial charge in [-0.25, -0.2) is 9.37 Å². The molecule has 166 valence electrons. The van der Waals surface area contributed by atoms with Crippen molar-refractivity contribution in [2.75, 3.05) is 6.54 Å². The number of nitrogens with one attached hydrogen (secondary N) is 2. The highest BCUT2D eigenvalue weighted by Crippen LogP contribution is 2.27. The average Bonchev–Trinajstić information content (AvgIpc) is 3.55. The van der Waals surface area contributed by atoms with E-state index in [0.29, 0.717) is 23.4 Å². The summed E-state index contributed by atoms with van der Waals surface area (Å²) in [6, 6.07) is 11.5. The molecule has 6 nitrogen and oxygen atoms in total. The topological polar surface area (TPSA) is 83.8 Å². The van der Waals surface area contributed by atoms with Crippen molar-refractivity contribution in [3.63, 3.8) is 0 Å². The normalized spacial score (nSPS) is 10.5. The van der Waals surface area contributed by atoms with Crippen LogP contribution in [0.2, 0.25) is 0 Å². The Hall–Kier alpha value is -3.83. The number of halogens is 1. The summed E-state index contributed by atoms with van der Waals surface area (Å²) in [6.07, 6.45) is 8.34. The number of nitrogens with zero attached hydrogens (tertiary/aromatic N) is 2. The number of aromatic nitrogens is 3. The first-order valence-electron chi connectivity index (χ1n) is 10.3. The van der Waals surface area contributed by atoms with Crippen molar-refractivity contribution in [2.45, 2.75) is 23.5 Å². The number of hydrogen-bond acceptors (Lipinski definition) is 5. The standard InChI is InChI=1S/C25H21FN4O2S/c26-22-8-4-18(5-9-22)3-6-20-12-21(7-10-24(20)33-16-23-15-27-17-32-23)25(31)28-11-1-2-19-13-29-30-14-19/h4-5,7-10,12-15,17H,1-2,11,16H2,(H,28,31)(H,29,30). The molecule has 2 heterocycles. The number of thioether (sulfide) groups is 1. The Morgan fingerprint density at radius 1 is 1.15 bits per heavy atom. The molecule has 0 atom stereocenters. The smallest absolute Gasteiger partial charge is 0.251 e. The number of carbonyl (C=O) groups excluding carboxylic acids is 1. The molecule has 0 aliphatic heterocycles. The van der Waals surface area contributed by atoms with Gasteiger partial charge in [0.2, 0.25) is 0 Å². The van der Waals surface area contributed by atoms with E-state index in [1.807, 2.05) is 12.3 Å². The van der Waals surface area contributed by atoms with Gasteiger partial charge in [0.1, 0.15) is 11.6 Å². The largest absolute Gasteiger partial charge is 0.448 e. The molecule has 0 aliphatic carbocycles. The fourth-order valence-electron chi connectivity index (χ4n) is 3.04. The lowest BCUT2D eigenvalue weighted by Crippen LogP contribution is -2.24. The Balaban J connectivity index is 1.47. The number of hydrogen-bond donors (Lipinski definition) is 2. The highest BCUT2D eigenvalue weighted by atomic mass is 32.2. The third-order valence-electron chi connectivity index (χ3n) is 4.76. The van der Waals surface area contributed by atoms with Crippen LogP contribution in [0.5, 0.6) is 0 Å². The van der Waals surface area contributed by atoms with Gasteiger partial charge in [-0.05, 0) is 60.9 Å². The molecule has 4 aromatic rings. The lowest BCUT2D eigenvalue weighted by atomic mass is 10.1. The molecular weight excluding hydrogens is 439 g/mol. The maximum atomic E-state index is 13.2. The number of H-pyrrole nitrogens is 1. The van der Waals surface area contributed by atoms with Gasteiger partial charge in [-0.3, -0.25) is 9.89 Å². The summed E-state index contributed by atoms with van der Waals surface area (Å²) in [5.74, 6) is 7.05. The SMILES string of the molecule is O=C(NCCCc1cn[nH]c1)c1ccc(SCc2cnco2)c(C#Cc2ccc(F)cc2)c1. The Labute approximate surface area is 195 Å². The monoisotopic (exact) mass is 460 g/mol. The number of oxazole rings is 1. The van der Waals surface area contributed by atoms with Gasteiger partial charge in [0.05, 0.1) is 18.1 Å². The van der Waals surface area contributed by atoms with E-state index in [2.05, 4.69) is 32.3 Å². The van der Waals surface area contributed by atoms with E-state index in [-0.39, 0.29) is 11.7 Å². The number of carbonyl (C=O) groups is 1. The van der Waals surface area contributed by atoms with Gasteiger partial charge in [0.25, 0.3) is 5.91 Å². The fraction of sp³-hybridized carbons (Fsp3) is 0.160. The Bertz CT molecular complexity index is 1240. The van der Waals surface area contributed by atoms with E-state index in [4.69, 9.17) is 4.42 Å². The minimum absolute atomic E-state index is 0.154. The second kappa shape index (κ2) is 11.2. The van der Waals surface area contributed by atoms with Gasteiger partial charge in [0, 0.05) is 34.3 Å². The number of benzene rings is 2. The van der Waals surface area contributed by atoms with Crippen LogP contribution in [0.25, 0.3) is 0 Å². The zero-order valence-corrected chi connectivity index (χ0v) is 18.5. The second-order valence-electron chi connectivity index (χ2n) is 7.19. The van der Waals surface area contributed by atoms with Crippen LogP contribution in [0, 0.1) is 17.7 Å². The fourth-order valence-corrected chi connectivity index (χ4v) is 3.91. The zero-order chi connectivity index (χ0) is 22.9. The van der Waals surface area contributed by atoms with E-state index in [0.717, 1.165) is 34.6 Å². The van der Waals surface area contributed by atoms with Crippen molar-refractivity contribution in [2.24, 2.45) is 0 Å². The molecule has 8 heteroatoms. The summed E-state index contributed by atoms with van der Waals surface area (Å²) in [5, 5.41) is 9.66. The van der Waals surface area contributed by atoms with E-state index < -0.39 is 0 Å². The van der Waals surface area contributed by atoms with E-state index in [9.17, 15) is 9.18 Å². The maximum absolute atomic E-state index is 13.2. The molecule has 2 aromatic carbocycles. The van der Waals surface area contributed by atoms with Crippen LogP contribution in [-0.4, -0.2) is 27.6 Å². The van der Waals surface area contributed by atoms with Gasteiger partial charge in [-0.2, -0.15) is 5.10 Å². The molecule has 1 amide bonds. The van der Waals surface area contributed by atoms with Crippen LogP contribution in [0.4, 0.5) is 4.39 Å². The number of amides is 1. The Kier molecular flexibility index (Phi) is 7.56. The number of rotatable bonds is 8. The average molecular weight is 461 g/mol. The van der Waals surface area contributed by atoms with Gasteiger partial charge in [0.15, 0.2) is 6.39 Å². The summed E-state index contributed by atoms with van der Waals surface area (Å²) < 4.78 is 18.5. The molecular formula is C25H21FN4O2S. The van der Waals surface area contributed by atoms with Gasteiger partial charge >= 0.3 is 0 Å². The highest BCUT2D eigenvalue weighted by molar-refractivity contribution is 7.98. The first-order chi connectivity index (χ1) is 16.2. The molecule has 0 saturated heterocycles. The zero-order valence-electron chi connectivity index (χ0n) is 17.7. The van der Waals surface area contributed by atoms with Crippen LogP contribution in [0.1, 0.15) is 39.2 Å². The van der Waals surface area contributed by atoms with Crippen molar-refractivity contribution < 1.29 is 13.6 Å². The molecule has 0 fully saturated rings. The summed E-state index contributed by atoms with van der Waals surface area (Å²) in [4.78, 5) is 17.5. The highest BCUT2D eigenvalue weighted by Gasteiger charge is 2.10. The summed E-state index contributed by atoms with van der Waals surface area (Å²) in [7, 11) is 0. The van der Waals surface area contributed by atoms with Crippen molar-refractivity contribution in [1.82, 2.24) is 20.5 Å². The van der Waals surface area contributed by atoms with E-state index in [1.165, 1.54) is 18.5 Å². The van der Waals surface area contributed by atoms with E-state index >= 15 is 0 Å². The quantitative estimate of drug-likeness (QED) is 0.228. The van der Waals surface area contributed by atoms with Crippen LogP contribution in [0.3, 0.4) is 0 Å². The summed E-state index contributed by atoms with van der Waals surface area (Å²) >= 11 is 1.55. The van der Waals surface area contributed by atoms with Crippen LogP contribution >= 0.6 is 11.8 Å². The minimum atomic E-state index is -0.310. The van der Waals surface area contributed by atoms with Gasteiger partial charge < -0.3 is 9.73 Å². The predicted molar refractivity (Wildman–Crippen MR) is 124 cm³/mol. The number of aryl methyl sites for hydroxylation is 1. The molecule has 0 spiro atoms. The molecule has 2 N–H and O–H groups in total. The molecule has 2 aromatic heterocycles. The predicted octanol–water partition coefficient (Wildman–Crippen LogP) is 4.59. The molecule has 0 radical (unpaired) electrons. The third-order valence-corrected chi connectivity index (χ3v) is 5.86. The molecule has 0 aliphatic rings. The molecule has 0 unspecified atom stereocenters. The Morgan fingerprint density at radius 2 is 2.03 bits per heavy atom. The molecule has 33 heavy (non-hydrogen) atoms. The number of aromatic amines is 1. The van der Waals surface area contributed by atoms with Crippen molar-refractivity contribution in [3.05, 3.63) is 101 Å². The van der Waals surface area contributed by atoms with E-state index in [1.54, 1.807) is 48.4 Å². The first kappa shape index (κ1) is 22.4. The summed E-state index contributed by atoms with van der Waals surface area (Å²) in [6.45, 7) is 0.558. The first-order valence-corrected chi connectivity index (χ1v) is 11.3. The lowest BCUT2D eigenvalue weighted by molar-refractivity contribution is 0.0953. The molecule has 4 rings (SSSR count). The Morgan fingerprint density at radius 3 is 2.79 bits per heavy atom. The summed E-state index contributed by atoms with van der Waals surface area (Å²) in [5.41, 5.74) is 3.05.